The van der Waals surface area contributed by atoms with E-state index in [1.807, 2.05) is 18.2 Å². The number of aliphatic carboxylic acids is 4. The van der Waals surface area contributed by atoms with Crippen LogP contribution in [-0.2, 0) is 19.2 Å². The number of carboxylic acids is 4. The SMILES string of the molecule is CC(O)Oc1ccccc1.O=C(O)CN(CCN(CC(=O)O)CC(=O)O)CC(=O)O.[H-].[H-].[Na+].[Na+]. The van der Waals surface area contributed by atoms with Crippen LogP contribution in [0.5, 0.6) is 5.75 Å². The van der Waals surface area contributed by atoms with Crippen molar-refractivity contribution in [2.24, 2.45) is 0 Å². The van der Waals surface area contributed by atoms with Crippen LogP contribution in [0.4, 0.5) is 0 Å². The van der Waals surface area contributed by atoms with Gasteiger partial charge in [0.1, 0.15) is 5.75 Å². The van der Waals surface area contributed by atoms with Crippen molar-refractivity contribution < 1.29 is 111 Å². The molecule has 0 fully saturated rings. The molecular weight excluding hydrogens is 450 g/mol. The predicted octanol–water partition coefficient (Wildman–Crippen LogP) is -6.43. The number of carbonyl (C=O) groups is 4. The largest absolute Gasteiger partial charge is 1.00 e. The summed E-state index contributed by atoms with van der Waals surface area (Å²) in [5, 5.41) is 43.2. The van der Waals surface area contributed by atoms with Crippen LogP contribution < -0.4 is 63.9 Å². The van der Waals surface area contributed by atoms with E-state index in [0.717, 1.165) is 9.80 Å². The monoisotopic (exact) mass is 478 g/mol. The average Bonchev–Trinajstić information content (AvgIpc) is 2.58. The van der Waals surface area contributed by atoms with Crippen LogP contribution >= 0.6 is 0 Å². The fourth-order valence-corrected chi connectivity index (χ4v) is 2.17. The fourth-order valence-electron chi connectivity index (χ4n) is 2.17. The number of carboxylic acid groups (broad SMARTS) is 4. The minimum atomic E-state index is -1.23. The second kappa shape index (κ2) is 20.4. The molecule has 0 aliphatic carbocycles. The van der Waals surface area contributed by atoms with Crippen LogP contribution in [0.1, 0.15) is 9.78 Å². The Morgan fingerprint density at radius 2 is 1.09 bits per heavy atom. The number of nitrogens with zero attached hydrogens (tertiary/aromatic N) is 2. The maximum absolute atomic E-state index is 10.6. The number of ether oxygens (including phenoxy) is 1. The van der Waals surface area contributed by atoms with Crippen LogP contribution in [0.3, 0.4) is 0 Å². The van der Waals surface area contributed by atoms with Crippen molar-refractivity contribution in [3.63, 3.8) is 0 Å². The molecule has 1 aromatic carbocycles. The van der Waals surface area contributed by atoms with Gasteiger partial charge in [-0.3, -0.25) is 29.0 Å². The summed E-state index contributed by atoms with van der Waals surface area (Å²) in [6.07, 6.45) is -0.734. The van der Waals surface area contributed by atoms with Crippen molar-refractivity contribution in [1.29, 1.82) is 0 Å². The minimum absolute atomic E-state index is 0. The van der Waals surface area contributed by atoms with Crippen LogP contribution in [0.15, 0.2) is 30.3 Å². The van der Waals surface area contributed by atoms with Gasteiger partial charge in [-0.05, 0) is 19.1 Å². The summed E-state index contributed by atoms with van der Waals surface area (Å²) in [6, 6.07) is 9.21. The zero-order chi connectivity index (χ0) is 23.1. The number of benzene rings is 1. The number of para-hydroxylation sites is 1. The molecule has 0 radical (unpaired) electrons. The maximum Gasteiger partial charge on any atom is 1.00 e. The number of aliphatic hydroxyl groups excluding tert-OH is 1. The van der Waals surface area contributed by atoms with E-state index in [-0.39, 0.29) is 75.1 Å². The van der Waals surface area contributed by atoms with E-state index >= 15 is 0 Å². The third-order valence-electron chi connectivity index (χ3n) is 3.22. The summed E-state index contributed by atoms with van der Waals surface area (Å²) in [4.78, 5) is 44.4. The number of rotatable bonds is 13. The minimum Gasteiger partial charge on any atom is -1.00 e. The van der Waals surface area contributed by atoms with Crippen LogP contribution in [-0.4, -0.2) is 105 Å². The van der Waals surface area contributed by atoms with E-state index in [4.69, 9.17) is 30.3 Å². The smallest absolute Gasteiger partial charge is 1.00 e. The third kappa shape index (κ3) is 22.0. The standard InChI is InChI=1S/C10H16N2O8.C8H10O2.2Na.2H/c13-7(14)3-11(4-8(15)16)1-2-12(5-9(17)18)6-10(19)20;1-7(9)10-8-5-3-2-4-6-8;;;;/h1-6H2,(H,13,14)(H,15,16)(H,17,18)(H,19,20);2-7,9H,1H3;;;;/q;;2*+1;2*-1. The summed E-state index contributed by atoms with van der Waals surface area (Å²) in [7, 11) is 0. The maximum atomic E-state index is 10.6. The first-order valence-electron chi connectivity index (χ1n) is 8.71. The van der Waals surface area contributed by atoms with Gasteiger partial charge in [0.2, 0.25) is 0 Å². The van der Waals surface area contributed by atoms with E-state index in [2.05, 4.69) is 0 Å². The number of aliphatic hydroxyl groups is 1. The van der Waals surface area contributed by atoms with Gasteiger partial charge in [-0.1, -0.05) is 18.2 Å². The van der Waals surface area contributed by atoms with Crippen LogP contribution in [0.25, 0.3) is 0 Å². The van der Waals surface area contributed by atoms with Gasteiger partial charge >= 0.3 is 83.0 Å². The van der Waals surface area contributed by atoms with Gasteiger partial charge in [-0.25, -0.2) is 0 Å². The van der Waals surface area contributed by atoms with Gasteiger partial charge in [0.05, 0.1) is 26.2 Å². The van der Waals surface area contributed by atoms with E-state index in [1.54, 1.807) is 19.1 Å². The summed E-state index contributed by atoms with van der Waals surface area (Å²) >= 11 is 0. The van der Waals surface area contributed by atoms with Crippen molar-refractivity contribution in [2.45, 2.75) is 13.2 Å². The zero-order valence-electron chi connectivity index (χ0n) is 20.4. The van der Waals surface area contributed by atoms with Gasteiger partial charge in [0.15, 0.2) is 6.29 Å². The predicted molar refractivity (Wildman–Crippen MR) is 104 cm³/mol. The molecule has 5 N–H and O–H groups in total. The summed E-state index contributed by atoms with van der Waals surface area (Å²) < 4.78 is 4.97. The molecule has 0 aliphatic rings. The summed E-state index contributed by atoms with van der Waals surface area (Å²) in [5.74, 6) is -4.22. The van der Waals surface area contributed by atoms with Crippen molar-refractivity contribution in [3.8, 4) is 5.75 Å². The van der Waals surface area contributed by atoms with Gasteiger partial charge < -0.3 is 33.1 Å². The van der Waals surface area contributed by atoms with Gasteiger partial charge in [0.25, 0.3) is 0 Å². The fraction of sp³-hybridized carbons (Fsp3) is 0.444. The molecule has 0 aliphatic heterocycles. The Bertz CT molecular complexity index is 635. The van der Waals surface area contributed by atoms with Crippen molar-refractivity contribution in [2.75, 3.05) is 39.3 Å². The second-order valence-electron chi connectivity index (χ2n) is 6.03. The first kappa shape index (κ1) is 35.4. The Morgan fingerprint density at radius 1 is 0.781 bits per heavy atom. The quantitative estimate of drug-likeness (QED) is 0.134. The molecule has 0 amide bonds. The molecule has 12 nitrogen and oxygen atoms in total. The first-order chi connectivity index (χ1) is 14.0. The molecule has 1 aromatic rings. The molecule has 172 valence electrons. The molecular formula is C18H28N2Na2O10. The molecule has 0 saturated carbocycles. The summed E-state index contributed by atoms with van der Waals surface area (Å²) in [6.45, 7) is -0.674. The molecule has 1 unspecified atom stereocenters. The molecule has 0 heterocycles. The molecule has 0 saturated heterocycles. The third-order valence-corrected chi connectivity index (χ3v) is 3.22. The van der Waals surface area contributed by atoms with Crippen molar-refractivity contribution in [1.82, 2.24) is 9.80 Å². The van der Waals surface area contributed by atoms with Crippen LogP contribution in [0.2, 0.25) is 0 Å². The average molecular weight is 478 g/mol. The topological polar surface area (TPSA) is 185 Å². The molecule has 32 heavy (non-hydrogen) atoms. The van der Waals surface area contributed by atoms with Gasteiger partial charge in [-0.15, -0.1) is 0 Å². The van der Waals surface area contributed by atoms with E-state index < -0.39 is 56.3 Å². The van der Waals surface area contributed by atoms with Gasteiger partial charge in [-0.2, -0.15) is 0 Å². The Balaban J connectivity index is -0.000000171. The Labute approximate surface area is 232 Å². The molecule has 0 aromatic heterocycles. The van der Waals surface area contributed by atoms with Crippen molar-refractivity contribution in [3.05, 3.63) is 30.3 Å². The Morgan fingerprint density at radius 3 is 1.34 bits per heavy atom. The normalized spacial score (nSPS) is 10.6. The second-order valence-corrected chi connectivity index (χ2v) is 6.03. The van der Waals surface area contributed by atoms with E-state index in [0.29, 0.717) is 5.75 Å². The number of hydrogen-bond donors (Lipinski definition) is 5. The van der Waals surface area contributed by atoms with Gasteiger partial charge in [0, 0.05) is 13.1 Å². The molecule has 1 rings (SSSR count). The van der Waals surface area contributed by atoms with Crippen LogP contribution in [0, 0.1) is 0 Å². The molecule has 0 bridgehead atoms. The molecule has 0 spiro atoms. The number of hydrogen-bond acceptors (Lipinski definition) is 8. The first-order valence-corrected chi connectivity index (χ1v) is 8.71. The Kier molecular flexibility index (Phi) is 22.5. The van der Waals surface area contributed by atoms with E-state index in [1.165, 1.54) is 0 Å². The molecule has 14 heteroatoms. The summed E-state index contributed by atoms with van der Waals surface area (Å²) in [5.41, 5.74) is 0. The Hall–Kier alpha value is -1.22. The zero-order valence-corrected chi connectivity index (χ0v) is 22.4. The molecule has 1 atom stereocenters. The van der Waals surface area contributed by atoms with E-state index in [9.17, 15) is 19.2 Å². The van der Waals surface area contributed by atoms with Crippen molar-refractivity contribution >= 4 is 23.9 Å².